The highest BCUT2D eigenvalue weighted by Gasteiger charge is 2.36. The molecule has 2 unspecified atom stereocenters. The summed E-state index contributed by atoms with van der Waals surface area (Å²) in [4.78, 5) is 7.82. The molecule has 0 saturated carbocycles. The number of nitrogens with two attached hydrogens (primary N) is 1. The van der Waals surface area contributed by atoms with E-state index in [-0.39, 0.29) is 6.04 Å². The van der Waals surface area contributed by atoms with Crippen molar-refractivity contribution in [1.82, 2.24) is 9.80 Å². The summed E-state index contributed by atoms with van der Waals surface area (Å²) in [7, 11) is 0. The van der Waals surface area contributed by atoms with E-state index in [0.717, 1.165) is 6.54 Å². The van der Waals surface area contributed by atoms with Gasteiger partial charge in [0.15, 0.2) is 0 Å². The monoisotopic (exact) mass is 237 g/mol. The van der Waals surface area contributed by atoms with E-state index >= 15 is 0 Å². The van der Waals surface area contributed by atoms with E-state index in [1.807, 2.05) is 11.3 Å². The Balaban J connectivity index is 1.77. The zero-order valence-electron chi connectivity index (χ0n) is 9.72. The molecule has 2 N–H and O–H groups in total. The molecule has 0 aliphatic carbocycles. The van der Waals surface area contributed by atoms with Gasteiger partial charge in [-0.2, -0.15) is 0 Å². The second kappa shape index (κ2) is 4.11. The first-order valence-corrected chi connectivity index (χ1v) is 6.84. The molecule has 3 aliphatic rings. The fraction of sp³-hybridized carbons (Fsp3) is 0.667. The van der Waals surface area contributed by atoms with Crippen molar-refractivity contribution in [3.63, 3.8) is 0 Å². The van der Waals surface area contributed by atoms with Crippen molar-refractivity contribution in [2.24, 2.45) is 5.73 Å². The Morgan fingerprint density at radius 3 is 2.56 bits per heavy atom. The first-order chi connectivity index (χ1) is 7.74. The van der Waals surface area contributed by atoms with Crippen molar-refractivity contribution in [2.45, 2.75) is 19.0 Å². The molecule has 0 amide bonds. The third-order valence-electron chi connectivity index (χ3n) is 3.83. The highest BCUT2D eigenvalue weighted by atomic mass is 32.1. The Kier molecular flexibility index (Phi) is 2.75. The Morgan fingerprint density at radius 1 is 1.31 bits per heavy atom. The van der Waals surface area contributed by atoms with Gasteiger partial charge in [0.05, 0.1) is 6.04 Å². The summed E-state index contributed by atoms with van der Waals surface area (Å²) in [6.45, 7) is 8.15. The van der Waals surface area contributed by atoms with E-state index in [1.165, 1.54) is 35.9 Å². The van der Waals surface area contributed by atoms with E-state index in [1.54, 1.807) is 0 Å². The summed E-state index contributed by atoms with van der Waals surface area (Å²) >= 11 is 1.85. The number of hydrogen-bond acceptors (Lipinski definition) is 4. The number of thiophene rings is 1. The van der Waals surface area contributed by atoms with Crippen LogP contribution < -0.4 is 5.73 Å². The summed E-state index contributed by atoms with van der Waals surface area (Å²) in [6, 6.07) is 5.10. The third kappa shape index (κ3) is 1.80. The standard InChI is InChI=1S/C12H19N3S/c1-9-2-3-11(16-9)12(13)10-8-14-4-6-15(10)7-5-14/h2-3,10,12H,4-8,13H2,1H3. The maximum atomic E-state index is 6.41. The minimum Gasteiger partial charge on any atom is -0.322 e. The van der Waals surface area contributed by atoms with E-state index in [4.69, 9.17) is 5.73 Å². The molecule has 0 radical (unpaired) electrons. The van der Waals surface area contributed by atoms with Gasteiger partial charge in [0, 0.05) is 48.5 Å². The van der Waals surface area contributed by atoms with Crippen molar-refractivity contribution < 1.29 is 0 Å². The minimum absolute atomic E-state index is 0.196. The average molecular weight is 237 g/mol. The van der Waals surface area contributed by atoms with Gasteiger partial charge in [0.25, 0.3) is 0 Å². The molecule has 4 heteroatoms. The van der Waals surface area contributed by atoms with Crippen LogP contribution in [0.5, 0.6) is 0 Å². The number of fused-ring (bicyclic) bond motifs is 3. The quantitative estimate of drug-likeness (QED) is 0.835. The number of rotatable bonds is 2. The van der Waals surface area contributed by atoms with Crippen LogP contribution in [-0.4, -0.2) is 48.6 Å². The lowest BCUT2D eigenvalue weighted by Gasteiger charge is -2.49. The summed E-state index contributed by atoms with van der Waals surface area (Å²) in [5, 5.41) is 0. The van der Waals surface area contributed by atoms with Crippen molar-refractivity contribution in [2.75, 3.05) is 32.7 Å². The Bertz CT molecular complexity index is 368. The lowest BCUT2D eigenvalue weighted by atomic mass is 10.00. The molecule has 4 rings (SSSR count). The Morgan fingerprint density at radius 2 is 2.06 bits per heavy atom. The molecule has 16 heavy (non-hydrogen) atoms. The predicted molar refractivity (Wildman–Crippen MR) is 67.8 cm³/mol. The zero-order valence-corrected chi connectivity index (χ0v) is 10.5. The number of aryl methyl sites for hydroxylation is 1. The second-order valence-corrected chi connectivity index (χ2v) is 6.20. The molecular weight excluding hydrogens is 218 g/mol. The fourth-order valence-electron chi connectivity index (χ4n) is 2.82. The molecular formula is C12H19N3S. The number of piperazine rings is 3. The zero-order chi connectivity index (χ0) is 11.1. The van der Waals surface area contributed by atoms with E-state index < -0.39 is 0 Å². The van der Waals surface area contributed by atoms with Crippen LogP contribution in [0.2, 0.25) is 0 Å². The molecule has 3 saturated heterocycles. The first kappa shape index (κ1) is 10.7. The van der Waals surface area contributed by atoms with Crippen LogP contribution >= 0.6 is 11.3 Å². The third-order valence-corrected chi connectivity index (χ3v) is 4.93. The number of nitrogens with zero attached hydrogens (tertiary/aromatic N) is 2. The lowest BCUT2D eigenvalue weighted by Crippen LogP contribution is -2.63. The van der Waals surface area contributed by atoms with Gasteiger partial charge in [-0.15, -0.1) is 11.3 Å². The normalized spacial score (nSPS) is 35.2. The predicted octanol–water partition coefficient (Wildman–Crippen LogP) is 1.06. The highest BCUT2D eigenvalue weighted by Crippen LogP contribution is 2.29. The molecule has 3 aliphatic heterocycles. The van der Waals surface area contributed by atoms with Gasteiger partial charge in [0.2, 0.25) is 0 Å². The summed E-state index contributed by atoms with van der Waals surface area (Å²) < 4.78 is 0. The lowest BCUT2D eigenvalue weighted by molar-refractivity contribution is 0.00260. The summed E-state index contributed by atoms with van der Waals surface area (Å²) in [5.41, 5.74) is 6.41. The molecule has 3 nitrogen and oxygen atoms in total. The van der Waals surface area contributed by atoms with E-state index in [9.17, 15) is 0 Å². The molecule has 0 spiro atoms. The van der Waals surface area contributed by atoms with E-state index in [0.29, 0.717) is 6.04 Å². The van der Waals surface area contributed by atoms with Gasteiger partial charge in [-0.3, -0.25) is 9.80 Å². The van der Waals surface area contributed by atoms with Gasteiger partial charge >= 0.3 is 0 Å². The van der Waals surface area contributed by atoms with Crippen molar-refractivity contribution >= 4 is 11.3 Å². The first-order valence-electron chi connectivity index (χ1n) is 6.02. The van der Waals surface area contributed by atoms with Gasteiger partial charge in [-0.25, -0.2) is 0 Å². The van der Waals surface area contributed by atoms with Crippen molar-refractivity contribution in [3.8, 4) is 0 Å². The van der Waals surface area contributed by atoms with Crippen LogP contribution in [0.3, 0.4) is 0 Å². The number of hydrogen-bond donors (Lipinski definition) is 1. The van der Waals surface area contributed by atoms with Gasteiger partial charge < -0.3 is 5.73 Å². The van der Waals surface area contributed by atoms with E-state index in [2.05, 4.69) is 28.9 Å². The maximum absolute atomic E-state index is 6.41. The van der Waals surface area contributed by atoms with Gasteiger partial charge in [-0.1, -0.05) is 0 Å². The molecule has 0 aromatic carbocycles. The van der Waals surface area contributed by atoms with Crippen LogP contribution in [0, 0.1) is 6.92 Å². The molecule has 4 heterocycles. The largest absolute Gasteiger partial charge is 0.322 e. The molecule has 1 aromatic heterocycles. The van der Waals surface area contributed by atoms with Gasteiger partial charge in [0.1, 0.15) is 0 Å². The smallest absolute Gasteiger partial charge is 0.0560 e. The fourth-order valence-corrected chi connectivity index (χ4v) is 3.76. The molecule has 3 fully saturated rings. The van der Waals surface area contributed by atoms with Crippen LogP contribution in [0.15, 0.2) is 12.1 Å². The minimum atomic E-state index is 0.196. The molecule has 2 bridgehead atoms. The summed E-state index contributed by atoms with van der Waals surface area (Å²) in [5.74, 6) is 0. The van der Waals surface area contributed by atoms with Crippen LogP contribution in [0.1, 0.15) is 15.8 Å². The van der Waals surface area contributed by atoms with Crippen LogP contribution in [-0.2, 0) is 0 Å². The SMILES string of the molecule is Cc1ccc(C(N)C2CN3CCN2CC3)s1. The van der Waals surface area contributed by atoms with Gasteiger partial charge in [-0.05, 0) is 19.1 Å². The average Bonchev–Trinajstić information content (AvgIpc) is 2.76. The Hall–Kier alpha value is -0.420. The van der Waals surface area contributed by atoms with Crippen LogP contribution in [0.25, 0.3) is 0 Å². The molecule has 1 aromatic rings. The second-order valence-electron chi connectivity index (χ2n) is 4.88. The molecule has 88 valence electrons. The molecule has 2 atom stereocenters. The van der Waals surface area contributed by atoms with Crippen molar-refractivity contribution in [1.29, 1.82) is 0 Å². The van der Waals surface area contributed by atoms with Crippen LogP contribution in [0.4, 0.5) is 0 Å². The topological polar surface area (TPSA) is 32.5 Å². The highest BCUT2D eigenvalue weighted by molar-refractivity contribution is 7.12. The Labute approximate surface area is 101 Å². The van der Waals surface area contributed by atoms with Crippen molar-refractivity contribution in [3.05, 3.63) is 21.9 Å². The maximum Gasteiger partial charge on any atom is 0.0560 e. The summed E-state index contributed by atoms with van der Waals surface area (Å²) in [6.07, 6.45) is 0.